The SMILES string of the molecule is CO[C@@H]1C[C@H](O[C@H]2[C@H](O)C[C@H](O[C@H]3[C@H](O)C[C@H](O[C@H]4[C@H](O)C[C@H](O[C@@H]5CC[C@@]6(C)C(=CC[C@@]7(O)[C@@H]6C[C@@H](OC(C)=O)[C@@]6(C)[C@@]7(O)CC[C@@]6(O)C(C)=O)C5)O[C@@H]4C)O[C@@H]3C)O[C@@H]2C)O[C@H](C)[C@H]1O[C@H]1O[C@@H](CO)[C@H](O)[C@@H](O)[C@@H]1O. The molecular formula is C54H86O24. The number of Topliss-reactive ketones (excluding diaryl/α,β-unsaturated/α-hetero) is 1. The van der Waals surface area contributed by atoms with Crippen LogP contribution in [0.4, 0.5) is 0 Å². The molecule has 9 rings (SSSR count). The third kappa shape index (κ3) is 10.5. The van der Waals surface area contributed by atoms with Crippen LogP contribution in [-0.2, 0) is 66.4 Å². The van der Waals surface area contributed by atoms with Gasteiger partial charge in [0.2, 0.25) is 0 Å². The number of ether oxygens (including phenoxy) is 12. The zero-order chi connectivity index (χ0) is 56.8. The van der Waals surface area contributed by atoms with E-state index in [2.05, 4.69) is 0 Å². The molecule has 4 aliphatic carbocycles. The molecule has 5 saturated heterocycles. The molecule has 5 heterocycles. The molecule has 3 saturated carbocycles. The lowest BCUT2D eigenvalue weighted by atomic mass is 9.42. The molecule has 0 unspecified atom stereocenters. The summed E-state index contributed by atoms with van der Waals surface area (Å²) in [5.74, 6) is -1.75. The van der Waals surface area contributed by atoms with Gasteiger partial charge in [-0.25, -0.2) is 0 Å². The standard InChI is InChI=1S/C54H86O24/c1-23-45(31(58)17-38(68-23)73-30-11-12-50(7)29(16-30)10-13-53(65)36(50)21-37(72-28(6)57)51(8)52(64,27(5)56)14-15-54(51,53)66)75-39-18-32(59)46(24(2)69-39)76-40-19-33(60)47(25(3)70-40)77-41-20-34(67-9)48(26(4)71-41)78-49-44(63)43(62)42(61)35(22-55)74-49/h10,23-26,30-49,55,58-66H,11-22H2,1-9H3/t23-,24-,25-,26-,30-,31-,32-,33-,34-,35+,36-,37-,38+,39+,40+,41+,42+,43-,44+,45-,46-,47-,48-,49-,50+,51-,52-,53-,54+/m1/s1. The van der Waals surface area contributed by atoms with Crippen LogP contribution in [0.2, 0.25) is 0 Å². The van der Waals surface area contributed by atoms with E-state index < -0.39 is 187 Å². The van der Waals surface area contributed by atoms with Crippen molar-refractivity contribution in [2.45, 2.75) is 284 Å². The molecule has 24 heteroatoms. The molecule has 24 nitrogen and oxygen atoms in total. The fraction of sp³-hybridized carbons (Fsp3) is 0.926. The van der Waals surface area contributed by atoms with E-state index in [4.69, 9.17) is 56.8 Å². The van der Waals surface area contributed by atoms with Crippen LogP contribution < -0.4 is 0 Å². The first-order valence-electron chi connectivity index (χ1n) is 27.9. The molecule has 10 N–H and O–H groups in total. The maximum atomic E-state index is 13.0. The molecule has 5 aliphatic heterocycles. The molecule has 0 amide bonds. The minimum atomic E-state index is -2.02. The predicted molar refractivity (Wildman–Crippen MR) is 264 cm³/mol. The van der Waals surface area contributed by atoms with Gasteiger partial charge >= 0.3 is 5.97 Å². The molecule has 78 heavy (non-hydrogen) atoms. The Bertz CT molecular complexity index is 2120. The number of carbonyl (C=O) groups is 2. The maximum absolute atomic E-state index is 13.0. The van der Waals surface area contributed by atoms with E-state index >= 15 is 0 Å². The second-order valence-electron chi connectivity index (χ2n) is 24.2. The molecule has 0 spiro atoms. The van der Waals surface area contributed by atoms with E-state index in [-0.39, 0.29) is 57.5 Å². The highest BCUT2D eigenvalue weighted by Crippen LogP contribution is 2.71. The Kier molecular flexibility index (Phi) is 17.8. The van der Waals surface area contributed by atoms with Gasteiger partial charge in [0, 0.05) is 45.6 Å². The summed E-state index contributed by atoms with van der Waals surface area (Å²) in [5, 5.41) is 112. The zero-order valence-electron chi connectivity index (χ0n) is 46.1. The second kappa shape index (κ2) is 22.9. The lowest BCUT2D eigenvalue weighted by molar-refractivity contribution is -0.357. The van der Waals surface area contributed by atoms with Crippen molar-refractivity contribution in [1.29, 1.82) is 0 Å². The number of hydrogen-bond acceptors (Lipinski definition) is 24. The number of hydrogen-bond donors (Lipinski definition) is 10. The minimum absolute atomic E-state index is 0.0116. The highest BCUT2D eigenvalue weighted by Gasteiger charge is 2.81. The molecule has 8 fully saturated rings. The molecule has 0 bridgehead atoms. The average molecular weight is 1120 g/mol. The van der Waals surface area contributed by atoms with Crippen molar-refractivity contribution in [3.05, 3.63) is 11.6 Å². The van der Waals surface area contributed by atoms with Crippen molar-refractivity contribution in [3.63, 3.8) is 0 Å². The number of aliphatic hydroxyl groups is 10. The Balaban J connectivity index is 0.740. The largest absolute Gasteiger partial charge is 0.462 e. The van der Waals surface area contributed by atoms with Crippen LogP contribution in [0, 0.1) is 16.7 Å². The van der Waals surface area contributed by atoms with Gasteiger partial charge in [-0.3, -0.25) is 9.59 Å². The molecule has 0 aromatic rings. The van der Waals surface area contributed by atoms with E-state index in [1.165, 1.54) is 21.0 Å². The topological polar surface area (TPSA) is 347 Å². The summed E-state index contributed by atoms with van der Waals surface area (Å²) in [7, 11) is 1.46. The summed E-state index contributed by atoms with van der Waals surface area (Å²) in [4.78, 5) is 25.5. The van der Waals surface area contributed by atoms with Gasteiger partial charge in [-0.15, -0.1) is 0 Å². The van der Waals surface area contributed by atoms with E-state index in [9.17, 15) is 60.7 Å². The van der Waals surface area contributed by atoms with Gasteiger partial charge < -0.3 is 108 Å². The zero-order valence-corrected chi connectivity index (χ0v) is 46.1. The Morgan fingerprint density at radius 2 is 1.15 bits per heavy atom. The number of carbonyl (C=O) groups excluding carboxylic acids is 2. The number of fused-ring (bicyclic) bond motifs is 5. The smallest absolute Gasteiger partial charge is 0.302 e. The van der Waals surface area contributed by atoms with Crippen LogP contribution in [0.5, 0.6) is 0 Å². The molecule has 9 aliphatic rings. The molecule has 0 radical (unpaired) electrons. The van der Waals surface area contributed by atoms with E-state index in [1.807, 2.05) is 13.0 Å². The van der Waals surface area contributed by atoms with Gasteiger partial charge in [-0.05, 0) is 91.9 Å². The first-order valence-corrected chi connectivity index (χ1v) is 27.9. The average Bonchev–Trinajstić information content (AvgIpc) is 2.83. The molecule has 29 atom stereocenters. The van der Waals surface area contributed by atoms with E-state index in [1.54, 1.807) is 34.6 Å². The van der Waals surface area contributed by atoms with Gasteiger partial charge in [-0.1, -0.05) is 18.6 Å². The van der Waals surface area contributed by atoms with Crippen molar-refractivity contribution in [2.75, 3.05) is 13.7 Å². The van der Waals surface area contributed by atoms with Crippen LogP contribution in [0.15, 0.2) is 11.6 Å². The predicted octanol–water partition coefficient (Wildman–Crippen LogP) is -0.596. The van der Waals surface area contributed by atoms with E-state index in [0.717, 1.165) is 5.57 Å². The fourth-order valence-corrected chi connectivity index (χ4v) is 15.2. The fourth-order valence-electron chi connectivity index (χ4n) is 15.2. The molecule has 0 aromatic heterocycles. The quantitative estimate of drug-likeness (QED) is 0.0767. The summed E-state index contributed by atoms with van der Waals surface area (Å²) in [5.41, 5.74) is -7.01. The summed E-state index contributed by atoms with van der Waals surface area (Å²) in [6.07, 6.45) is -18.6. The van der Waals surface area contributed by atoms with Crippen molar-refractivity contribution in [3.8, 4) is 0 Å². The van der Waals surface area contributed by atoms with Gasteiger partial charge in [0.1, 0.15) is 71.7 Å². The van der Waals surface area contributed by atoms with Crippen molar-refractivity contribution < 1.29 is 117 Å². The van der Waals surface area contributed by atoms with Crippen molar-refractivity contribution in [1.82, 2.24) is 0 Å². The number of aliphatic hydroxyl groups excluding tert-OH is 7. The molecular weight excluding hydrogens is 1030 g/mol. The van der Waals surface area contributed by atoms with Crippen molar-refractivity contribution >= 4 is 11.8 Å². The first kappa shape index (κ1) is 60.6. The Morgan fingerprint density at radius 1 is 0.641 bits per heavy atom. The van der Waals surface area contributed by atoms with Gasteiger partial charge in [0.05, 0.1) is 67.0 Å². The van der Waals surface area contributed by atoms with Gasteiger partial charge in [-0.2, -0.15) is 0 Å². The Labute approximate surface area is 454 Å². The second-order valence-corrected chi connectivity index (χ2v) is 24.2. The summed E-state index contributed by atoms with van der Waals surface area (Å²) < 4.78 is 73.2. The van der Waals surface area contributed by atoms with Gasteiger partial charge in [0.25, 0.3) is 0 Å². The van der Waals surface area contributed by atoms with E-state index in [0.29, 0.717) is 19.3 Å². The summed E-state index contributed by atoms with van der Waals surface area (Å²) >= 11 is 0. The van der Waals surface area contributed by atoms with Crippen LogP contribution in [-0.4, -0.2) is 235 Å². The Hall–Kier alpha value is -1.96. The highest BCUT2D eigenvalue weighted by atomic mass is 16.8. The monoisotopic (exact) mass is 1120 g/mol. The lowest BCUT2D eigenvalue weighted by Gasteiger charge is -2.67. The van der Waals surface area contributed by atoms with Crippen molar-refractivity contribution in [2.24, 2.45) is 16.7 Å². The Morgan fingerprint density at radius 3 is 1.64 bits per heavy atom. The van der Waals surface area contributed by atoms with Crippen LogP contribution >= 0.6 is 0 Å². The lowest BCUT2D eigenvalue weighted by Crippen LogP contribution is -2.78. The third-order valence-corrected chi connectivity index (χ3v) is 19.7. The highest BCUT2D eigenvalue weighted by molar-refractivity contribution is 5.87. The molecule has 0 aromatic carbocycles. The first-order chi connectivity index (χ1) is 36.6. The normalized spacial score (nSPS) is 53.6. The number of methoxy groups -OCH3 is 1. The summed E-state index contributed by atoms with van der Waals surface area (Å²) in [6, 6.07) is 0. The number of esters is 1. The number of ketones is 1. The van der Waals surface area contributed by atoms with Crippen LogP contribution in [0.25, 0.3) is 0 Å². The summed E-state index contributed by atoms with van der Waals surface area (Å²) in [6.45, 7) is 12.4. The minimum Gasteiger partial charge on any atom is -0.462 e. The molecule has 446 valence electrons. The van der Waals surface area contributed by atoms with Gasteiger partial charge in [0.15, 0.2) is 37.2 Å². The third-order valence-electron chi connectivity index (χ3n) is 19.7. The van der Waals surface area contributed by atoms with Crippen LogP contribution in [0.1, 0.15) is 126 Å². The maximum Gasteiger partial charge on any atom is 0.302 e. The van der Waals surface area contributed by atoms with Crippen LogP contribution in [0.3, 0.4) is 0 Å². The number of rotatable bonds is 14.